The fourth-order valence-electron chi connectivity index (χ4n) is 1.39. The lowest BCUT2D eigenvalue weighted by Crippen LogP contribution is -2.56. The highest BCUT2D eigenvalue weighted by Gasteiger charge is 2.43. The van der Waals surface area contributed by atoms with E-state index in [1.165, 1.54) is 14.2 Å². The van der Waals surface area contributed by atoms with Gasteiger partial charge in [-0.1, -0.05) is 6.92 Å². The summed E-state index contributed by atoms with van der Waals surface area (Å²) in [4.78, 5) is 0. The molecule has 2 unspecified atom stereocenters. The molecule has 0 heterocycles. The first-order valence-corrected chi connectivity index (χ1v) is 5.37. The van der Waals surface area contributed by atoms with Crippen LogP contribution in [0.5, 0.6) is 0 Å². The van der Waals surface area contributed by atoms with Gasteiger partial charge in [0.2, 0.25) is 0 Å². The quantitative estimate of drug-likeness (QED) is 0.442. The summed E-state index contributed by atoms with van der Waals surface area (Å²) in [7, 11) is 5.06. The van der Waals surface area contributed by atoms with E-state index in [1.807, 2.05) is 6.92 Å². The van der Waals surface area contributed by atoms with Crippen molar-refractivity contribution in [2.24, 2.45) is 5.73 Å². The molecule has 14 heavy (non-hydrogen) atoms. The zero-order valence-corrected chi connectivity index (χ0v) is 11.6. The number of rotatable bonds is 7. The first kappa shape index (κ1) is 14.0. The lowest BCUT2D eigenvalue weighted by Gasteiger charge is -2.38. The van der Waals surface area contributed by atoms with E-state index in [9.17, 15) is 0 Å². The number of methoxy groups -OCH3 is 3. The molecule has 0 amide bonds. The minimum absolute atomic E-state index is 0.186. The average Bonchev–Trinajstić information content (AvgIpc) is 2.25. The molecular formula is C8H21NO4Si. The van der Waals surface area contributed by atoms with Crippen molar-refractivity contribution in [1.82, 2.24) is 0 Å². The van der Waals surface area contributed by atoms with Crippen molar-refractivity contribution in [3.63, 3.8) is 0 Å². The summed E-state index contributed by atoms with van der Waals surface area (Å²) < 4.78 is 21.0. The van der Waals surface area contributed by atoms with Crippen LogP contribution < -0.4 is 5.73 Å². The highest BCUT2D eigenvalue weighted by molar-refractivity contribution is 5.98. The molecule has 0 saturated heterocycles. The zero-order chi connectivity index (χ0) is 11.2. The van der Waals surface area contributed by atoms with Crippen LogP contribution >= 0.6 is 0 Å². The molecule has 0 aliphatic rings. The van der Waals surface area contributed by atoms with Crippen molar-refractivity contribution in [3.05, 3.63) is 0 Å². The highest BCUT2D eigenvalue weighted by Crippen LogP contribution is 2.22. The van der Waals surface area contributed by atoms with Gasteiger partial charge in [0.15, 0.2) is 16.6 Å². The molecule has 0 aliphatic carbocycles. The largest absolute Gasteiger partial charge is 0.378 e. The molecule has 0 aromatic heterocycles. The van der Waals surface area contributed by atoms with Crippen LogP contribution in [0.1, 0.15) is 13.3 Å². The van der Waals surface area contributed by atoms with Crippen molar-refractivity contribution in [3.8, 4) is 0 Å². The Bertz CT molecular complexity index is 146. The second-order valence-corrected chi connectivity index (χ2v) is 3.35. The Morgan fingerprint density at radius 3 is 2.00 bits per heavy atom. The van der Waals surface area contributed by atoms with Crippen LogP contribution in [0, 0.1) is 0 Å². The Labute approximate surface area is 88.4 Å². The fourth-order valence-corrected chi connectivity index (χ4v) is 1.96. The molecule has 0 aliphatic heterocycles. The maximum Gasteiger partial charge on any atom is 0.301 e. The second kappa shape index (κ2) is 6.49. The molecule has 0 fully saturated rings. The van der Waals surface area contributed by atoms with Gasteiger partial charge in [-0.05, 0) is 6.42 Å². The van der Waals surface area contributed by atoms with E-state index in [1.54, 1.807) is 7.11 Å². The topological polar surface area (TPSA) is 62.9 Å². The van der Waals surface area contributed by atoms with E-state index in [0.29, 0.717) is 10.5 Å². The van der Waals surface area contributed by atoms with Gasteiger partial charge in [0.05, 0.1) is 0 Å². The number of nitrogens with two attached hydrogens (primary N) is 1. The van der Waals surface area contributed by atoms with Crippen LogP contribution in [0.15, 0.2) is 0 Å². The maximum atomic E-state index is 5.89. The number of ether oxygens (including phenoxy) is 3. The van der Waals surface area contributed by atoms with Gasteiger partial charge >= 0.3 is 5.97 Å². The molecule has 0 rings (SSSR count). The molecule has 86 valence electrons. The average molecular weight is 223 g/mol. The van der Waals surface area contributed by atoms with E-state index in [0.717, 1.165) is 6.42 Å². The van der Waals surface area contributed by atoms with Gasteiger partial charge in [0.25, 0.3) is 0 Å². The lowest BCUT2D eigenvalue weighted by atomic mass is 10.1. The molecule has 0 bridgehead atoms. The predicted molar refractivity (Wildman–Crippen MR) is 56.8 cm³/mol. The van der Waals surface area contributed by atoms with E-state index in [4.69, 9.17) is 24.4 Å². The van der Waals surface area contributed by atoms with Crippen molar-refractivity contribution in [2.45, 2.75) is 31.5 Å². The Morgan fingerprint density at radius 1 is 1.29 bits per heavy atom. The minimum Gasteiger partial charge on any atom is -0.378 e. The predicted octanol–water partition coefficient (Wildman–Crippen LogP) is -1.02. The Hall–Kier alpha value is 0.0169. The normalized spacial score (nSPS) is 16.9. The smallest absolute Gasteiger partial charge is 0.301 e. The highest BCUT2D eigenvalue weighted by atomic mass is 28.2. The van der Waals surface area contributed by atoms with Gasteiger partial charge in [-0.25, -0.2) is 0 Å². The first-order chi connectivity index (χ1) is 6.61. The Kier molecular flexibility index (Phi) is 6.50. The lowest BCUT2D eigenvalue weighted by molar-refractivity contribution is -0.367. The third-order valence-corrected chi connectivity index (χ3v) is 2.89. The van der Waals surface area contributed by atoms with Crippen molar-refractivity contribution in [1.29, 1.82) is 0 Å². The van der Waals surface area contributed by atoms with E-state index < -0.39 is 12.1 Å². The van der Waals surface area contributed by atoms with Gasteiger partial charge in [0.1, 0.15) is 0 Å². The SMILES string of the molecule is CCC(N)C(OC)C(OC)(OC)O[SiH3]. The van der Waals surface area contributed by atoms with E-state index in [-0.39, 0.29) is 6.04 Å². The second-order valence-electron chi connectivity index (χ2n) is 2.94. The van der Waals surface area contributed by atoms with Crippen LogP contribution in [0.25, 0.3) is 0 Å². The summed E-state index contributed by atoms with van der Waals surface area (Å²) in [5.41, 5.74) is 5.89. The molecule has 2 atom stereocenters. The van der Waals surface area contributed by atoms with Gasteiger partial charge in [-0.15, -0.1) is 0 Å². The van der Waals surface area contributed by atoms with Gasteiger partial charge < -0.3 is 24.4 Å². The molecular weight excluding hydrogens is 202 g/mol. The summed E-state index contributed by atoms with van der Waals surface area (Å²) in [6.07, 6.45) is 0.331. The third-order valence-electron chi connectivity index (χ3n) is 2.32. The molecule has 0 aromatic carbocycles. The minimum atomic E-state index is -1.17. The van der Waals surface area contributed by atoms with Gasteiger partial charge in [-0.2, -0.15) is 0 Å². The fraction of sp³-hybridized carbons (Fsp3) is 1.00. The molecule has 0 saturated carbocycles. The first-order valence-electron chi connectivity index (χ1n) is 4.55. The summed E-state index contributed by atoms with van der Waals surface area (Å²) in [6, 6.07) is -0.186. The van der Waals surface area contributed by atoms with E-state index in [2.05, 4.69) is 0 Å². The van der Waals surface area contributed by atoms with Crippen LogP contribution in [0.3, 0.4) is 0 Å². The van der Waals surface area contributed by atoms with E-state index >= 15 is 0 Å². The molecule has 0 radical (unpaired) electrons. The summed E-state index contributed by atoms with van der Waals surface area (Å²) in [6.45, 7) is 1.97. The van der Waals surface area contributed by atoms with Crippen molar-refractivity contribution < 1.29 is 18.6 Å². The van der Waals surface area contributed by atoms with Gasteiger partial charge in [0, 0.05) is 27.4 Å². The molecule has 6 heteroatoms. The molecule has 2 N–H and O–H groups in total. The summed E-state index contributed by atoms with van der Waals surface area (Å²) >= 11 is 0. The molecule has 0 aromatic rings. The molecule has 0 spiro atoms. The Balaban J connectivity index is 4.73. The summed E-state index contributed by atoms with van der Waals surface area (Å²) in [5, 5.41) is 0. The van der Waals surface area contributed by atoms with Crippen LogP contribution in [-0.2, 0) is 18.6 Å². The Morgan fingerprint density at radius 2 is 1.79 bits per heavy atom. The number of hydrogen-bond acceptors (Lipinski definition) is 5. The van der Waals surface area contributed by atoms with Crippen LogP contribution in [-0.4, -0.2) is 49.9 Å². The number of hydrogen-bond donors (Lipinski definition) is 1. The zero-order valence-electron chi connectivity index (χ0n) is 9.57. The van der Waals surface area contributed by atoms with Crippen molar-refractivity contribution in [2.75, 3.05) is 21.3 Å². The van der Waals surface area contributed by atoms with Crippen molar-refractivity contribution >= 4 is 10.5 Å². The monoisotopic (exact) mass is 223 g/mol. The standard InChI is InChI=1S/C8H21NO4Si/c1-5-6(9)7(10-2)8(11-3,12-4)13-14/h6-7H,5,9H2,1-4,14H3. The van der Waals surface area contributed by atoms with Crippen LogP contribution in [0.4, 0.5) is 0 Å². The third kappa shape index (κ3) is 2.75. The van der Waals surface area contributed by atoms with Gasteiger partial charge in [-0.3, -0.25) is 0 Å². The maximum absolute atomic E-state index is 5.89. The summed E-state index contributed by atoms with van der Waals surface area (Å²) in [5.74, 6) is -1.17. The van der Waals surface area contributed by atoms with Crippen LogP contribution in [0.2, 0.25) is 0 Å². The molecule has 5 nitrogen and oxygen atoms in total.